The lowest BCUT2D eigenvalue weighted by atomic mass is 10.2. The van der Waals surface area contributed by atoms with Crippen molar-refractivity contribution >= 4 is 35.3 Å². The highest BCUT2D eigenvalue weighted by atomic mass is 35.5. The van der Waals surface area contributed by atoms with Crippen molar-refractivity contribution in [2.45, 2.75) is 17.7 Å². The van der Waals surface area contributed by atoms with E-state index in [1.807, 2.05) is 6.92 Å². The van der Waals surface area contributed by atoms with Crippen LogP contribution in [0.1, 0.15) is 23.7 Å². The maximum Gasteiger partial charge on any atom is 0.275 e. The Morgan fingerprint density at radius 2 is 2.11 bits per heavy atom. The molecule has 18 heavy (non-hydrogen) atoms. The van der Waals surface area contributed by atoms with Crippen molar-refractivity contribution in [1.29, 1.82) is 0 Å². The van der Waals surface area contributed by atoms with Crippen molar-refractivity contribution in [3.05, 3.63) is 29.8 Å². The van der Waals surface area contributed by atoms with Gasteiger partial charge in [-0.25, -0.2) is 5.43 Å². The summed E-state index contributed by atoms with van der Waals surface area (Å²) in [6, 6.07) is 6.23. The second-order valence-electron chi connectivity index (χ2n) is 4.51. The fourth-order valence-corrected chi connectivity index (χ4v) is 2.17. The molecule has 0 aromatic heterocycles. The highest BCUT2D eigenvalue weighted by molar-refractivity contribution is 6.52. The van der Waals surface area contributed by atoms with Gasteiger partial charge < -0.3 is 5.11 Å². The minimum Gasteiger partial charge on any atom is -0.507 e. The van der Waals surface area contributed by atoms with E-state index in [0.717, 1.165) is 0 Å². The molecule has 0 bridgehead atoms. The first-order chi connectivity index (χ1) is 8.36. The zero-order chi connectivity index (χ0) is 13.4. The number of hydrazone groups is 1. The van der Waals surface area contributed by atoms with Crippen molar-refractivity contribution in [1.82, 2.24) is 5.43 Å². The summed E-state index contributed by atoms with van der Waals surface area (Å²) in [7, 11) is 0. The van der Waals surface area contributed by atoms with Gasteiger partial charge in [-0.05, 0) is 18.6 Å². The van der Waals surface area contributed by atoms with Gasteiger partial charge in [-0.2, -0.15) is 5.10 Å². The molecule has 1 saturated carbocycles. The van der Waals surface area contributed by atoms with Gasteiger partial charge in [0.05, 0.1) is 5.56 Å². The Balaban J connectivity index is 1.98. The van der Waals surface area contributed by atoms with E-state index in [0.29, 0.717) is 6.42 Å². The number of phenolic OH excluding ortho intramolecular Hbond substituents is 1. The van der Waals surface area contributed by atoms with E-state index in [-0.39, 0.29) is 11.3 Å². The van der Waals surface area contributed by atoms with Gasteiger partial charge >= 0.3 is 0 Å². The summed E-state index contributed by atoms with van der Waals surface area (Å²) in [5.74, 6) is -0.574. The number of nitrogens with one attached hydrogen (secondary N) is 1. The molecular formula is C12H12Cl2N2O2. The molecule has 1 aliphatic rings. The van der Waals surface area contributed by atoms with Crippen molar-refractivity contribution in [2.75, 3.05) is 0 Å². The average molecular weight is 287 g/mol. The molecule has 1 aliphatic carbocycles. The molecule has 4 nitrogen and oxygen atoms in total. The predicted octanol–water partition coefficient (Wildman–Crippen LogP) is 2.69. The van der Waals surface area contributed by atoms with Gasteiger partial charge in [-0.3, -0.25) is 4.79 Å². The lowest BCUT2D eigenvalue weighted by molar-refractivity contribution is 0.0952. The number of para-hydroxylation sites is 1. The number of halogens is 2. The number of carbonyl (C=O) groups is 1. The van der Waals surface area contributed by atoms with Gasteiger partial charge in [-0.15, -0.1) is 23.2 Å². The first-order valence-electron chi connectivity index (χ1n) is 5.36. The lowest BCUT2D eigenvalue weighted by Gasteiger charge is -2.05. The van der Waals surface area contributed by atoms with Crippen molar-refractivity contribution in [3.8, 4) is 5.75 Å². The van der Waals surface area contributed by atoms with Crippen LogP contribution in [-0.2, 0) is 0 Å². The third-order valence-electron chi connectivity index (χ3n) is 2.96. The van der Waals surface area contributed by atoms with Gasteiger partial charge in [0.25, 0.3) is 5.91 Å². The van der Waals surface area contributed by atoms with E-state index in [1.54, 1.807) is 12.1 Å². The standard InChI is InChI=1S/C12H12Cl2N2O2/c1-11(6-12(11,13)14)7-15-16-10(18)8-4-2-3-5-9(8)17/h2-5,7,17H,6H2,1H3,(H,16,18). The van der Waals surface area contributed by atoms with E-state index in [9.17, 15) is 9.90 Å². The molecule has 0 heterocycles. The number of alkyl halides is 2. The topological polar surface area (TPSA) is 61.7 Å². The van der Waals surface area contributed by atoms with Crippen molar-refractivity contribution in [3.63, 3.8) is 0 Å². The number of amides is 1. The van der Waals surface area contributed by atoms with Crippen molar-refractivity contribution < 1.29 is 9.90 Å². The van der Waals surface area contributed by atoms with Crippen LogP contribution in [0, 0.1) is 5.41 Å². The SMILES string of the molecule is CC1(C=NNC(=O)c2ccccc2O)CC1(Cl)Cl. The fraction of sp³-hybridized carbons (Fsp3) is 0.333. The van der Waals surface area contributed by atoms with Crippen LogP contribution in [0.2, 0.25) is 0 Å². The summed E-state index contributed by atoms with van der Waals surface area (Å²) in [5.41, 5.74) is 2.08. The first kappa shape index (κ1) is 13.2. The Bertz CT molecular complexity index is 517. The Labute approximate surface area is 115 Å². The Morgan fingerprint density at radius 3 is 2.67 bits per heavy atom. The molecule has 1 atom stereocenters. The lowest BCUT2D eigenvalue weighted by Crippen LogP contribution is -2.19. The zero-order valence-electron chi connectivity index (χ0n) is 9.65. The molecule has 2 rings (SSSR count). The number of carbonyl (C=O) groups excluding carboxylic acids is 1. The van der Waals surface area contributed by atoms with Crippen LogP contribution >= 0.6 is 23.2 Å². The van der Waals surface area contributed by atoms with Crippen LogP contribution in [0.5, 0.6) is 5.75 Å². The zero-order valence-corrected chi connectivity index (χ0v) is 11.2. The van der Waals surface area contributed by atoms with Crippen LogP contribution in [0.15, 0.2) is 29.4 Å². The molecule has 0 radical (unpaired) electrons. The molecule has 0 spiro atoms. The summed E-state index contributed by atoms with van der Waals surface area (Å²) in [6.45, 7) is 1.85. The molecule has 1 amide bonds. The minimum atomic E-state index is -0.809. The summed E-state index contributed by atoms with van der Waals surface area (Å²) < 4.78 is -0.809. The summed E-state index contributed by atoms with van der Waals surface area (Å²) in [4.78, 5) is 11.7. The summed E-state index contributed by atoms with van der Waals surface area (Å²) in [6.07, 6.45) is 2.12. The maximum absolute atomic E-state index is 11.7. The molecule has 6 heteroatoms. The van der Waals surface area contributed by atoms with Gasteiger partial charge in [0.1, 0.15) is 10.1 Å². The van der Waals surface area contributed by atoms with Gasteiger partial charge in [0.2, 0.25) is 0 Å². The highest BCUT2D eigenvalue weighted by Gasteiger charge is 2.62. The molecule has 2 N–H and O–H groups in total. The van der Waals surface area contributed by atoms with E-state index in [2.05, 4.69) is 10.5 Å². The van der Waals surface area contributed by atoms with Gasteiger partial charge in [0.15, 0.2) is 0 Å². The smallest absolute Gasteiger partial charge is 0.275 e. The second-order valence-corrected chi connectivity index (χ2v) is 6.00. The minimum absolute atomic E-state index is 0.0909. The van der Waals surface area contributed by atoms with E-state index in [1.165, 1.54) is 18.3 Å². The Hall–Kier alpha value is -1.26. The van der Waals surface area contributed by atoms with E-state index >= 15 is 0 Å². The van der Waals surface area contributed by atoms with Gasteiger partial charge in [0, 0.05) is 11.6 Å². The highest BCUT2D eigenvalue weighted by Crippen LogP contribution is 2.62. The third-order valence-corrected chi connectivity index (χ3v) is 4.09. The largest absolute Gasteiger partial charge is 0.507 e. The number of benzene rings is 1. The molecule has 96 valence electrons. The number of phenols is 1. The summed E-state index contributed by atoms with van der Waals surface area (Å²) >= 11 is 11.9. The molecule has 1 aromatic rings. The quantitative estimate of drug-likeness (QED) is 0.510. The van der Waals surface area contributed by atoms with Crippen LogP contribution < -0.4 is 5.43 Å². The normalized spacial score (nSPS) is 25.1. The monoisotopic (exact) mass is 286 g/mol. The van der Waals surface area contributed by atoms with Crippen molar-refractivity contribution in [2.24, 2.45) is 10.5 Å². The van der Waals surface area contributed by atoms with E-state index < -0.39 is 15.7 Å². The van der Waals surface area contributed by atoms with Crippen LogP contribution in [0.4, 0.5) is 0 Å². The number of rotatable bonds is 3. The Morgan fingerprint density at radius 1 is 1.50 bits per heavy atom. The molecule has 0 saturated heterocycles. The fourth-order valence-electron chi connectivity index (χ4n) is 1.52. The molecule has 0 aliphatic heterocycles. The summed E-state index contributed by atoms with van der Waals surface area (Å²) in [5, 5.41) is 13.3. The van der Waals surface area contributed by atoms with Gasteiger partial charge in [-0.1, -0.05) is 19.1 Å². The maximum atomic E-state index is 11.7. The van der Waals surface area contributed by atoms with E-state index in [4.69, 9.17) is 23.2 Å². The predicted molar refractivity (Wildman–Crippen MR) is 71.2 cm³/mol. The van der Waals surface area contributed by atoms with Crippen LogP contribution in [-0.4, -0.2) is 21.6 Å². The van der Waals surface area contributed by atoms with Crippen LogP contribution in [0.25, 0.3) is 0 Å². The number of nitrogens with zero attached hydrogens (tertiary/aromatic N) is 1. The third kappa shape index (κ3) is 2.44. The second kappa shape index (κ2) is 4.44. The molecule has 1 fully saturated rings. The number of hydrogen-bond acceptors (Lipinski definition) is 3. The number of aromatic hydroxyl groups is 1. The molecular weight excluding hydrogens is 275 g/mol. The average Bonchev–Trinajstić information content (AvgIpc) is 2.78. The molecule has 1 unspecified atom stereocenters. The van der Waals surface area contributed by atoms with Crippen LogP contribution in [0.3, 0.4) is 0 Å². The number of hydrogen-bond donors (Lipinski definition) is 2. The first-order valence-corrected chi connectivity index (χ1v) is 6.12. The Kier molecular flexibility index (Phi) is 3.25. The molecule has 1 aromatic carbocycles.